The van der Waals surface area contributed by atoms with Crippen LogP contribution in [-0.4, -0.2) is 41.0 Å². The van der Waals surface area contributed by atoms with Crippen LogP contribution in [0.5, 0.6) is 0 Å². The Morgan fingerprint density at radius 2 is 1.94 bits per heavy atom. The summed E-state index contributed by atoms with van der Waals surface area (Å²) in [6.07, 6.45) is 10.3. The lowest BCUT2D eigenvalue weighted by atomic mass is 10.1. The second kappa shape index (κ2) is 8.02. The van der Waals surface area contributed by atoms with Crippen molar-refractivity contribution in [1.29, 1.82) is 0 Å². The van der Waals surface area contributed by atoms with Crippen molar-refractivity contribution in [3.05, 3.63) is 60.4 Å². The van der Waals surface area contributed by atoms with Crippen LogP contribution >= 0.6 is 11.3 Å². The van der Waals surface area contributed by atoms with Crippen molar-refractivity contribution in [2.24, 2.45) is 5.92 Å². The Hall–Kier alpha value is -4.51. The maximum absolute atomic E-state index is 13.6. The van der Waals surface area contributed by atoms with E-state index >= 15 is 0 Å². The highest BCUT2D eigenvalue weighted by molar-refractivity contribution is 7.14. The fourth-order valence-corrected chi connectivity index (χ4v) is 4.92. The molecule has 36 heavy (non-hydrogen) atoms. The molecule has 1 amide bonds. The average Bonchev–Trinajstić information content (AvgIpc) is 3.30. The Kier molecular flexibility index (Phi) is 4.64. The van der Waals surface area contributed by atoms with E-state index in [9.17, 15) is 9.18 Å². The standard InChI is InChI=1S/C25H17FN8OS/c26-21-4-3-20(36-21)16-9-28-10-19-22(16)32-24(31-19)23-15-6-17(29-11-18(15)33-34-23)13-5-14(8-27-7-13)30-25(35)12-1-2-12/h3-12H,1-2H2,(H,30,35)(H,31,32)(H,33,34). The fourth-order valence-electron chi connectivity index (χ4n) is 4.18. The summed E-state index contributed by atoms with van der Waals surface area (Å²) in [6, 6.07) is 6.93. The summed E-state index contributed by atoms with van der Waals surface area (Å²) in [5, 5.41) is 11.0. The second-order valence-electron chi connectivity index (χ2n) is 8.69. The van der Waals surface area contributed by atoms with Gasteiger partial charge in [0.2, 0.25) is 5.91 Å². The van der Waals surface area contributed by atoms with Crippen LogP contribution in [-0.2, 0) is 4.79 Å². The first-order valence-electron chi connectivity index (χ1n) is 11.3. The molecular weight excluding hydrogens is 479 g/mol. The third kappa shape index (κ3) is 3.60. The van der Waals surface area contributed by atoms with Gasteiger partial charge in [-0.15, -0.1) is 11.3 Å². The number of halogens is 1. The minimum Gasteiger partial charge on any atom is -0.335 e. The minimum absolute atomic E-state index is 0.0264. The summed E-state index contributed by atoms with van der Waals surface area (Å²) in [5.41, 5.74) is 5.64. The topological polar surface area (TPSA) is 125 Å². The Morgan fingerprint density at radius 3 is 2.78 bits per heavy atom. The smallest absolute Gasteiger partial charge is 0.227 e. The largest absolute Gasteiger partial charge is 0.335 e. The molecule has 0 spiro atoms. The molecule has 1 saturated carbocycles. The lowest BCUT2D eigenvalue weighted by molar-refractivity contribution is -0.117. The fraction of sp³-hybridized carbons (Fsp3) is 0.120. The van der Waals surface area contributed by atoms with Crippen LogP contribution in [0.2, 0.25) is 0 Å². The number of nitrogens with zero attached hydrogens (tertiary/aromatic N) is 5. The van der Waals surface area contributed by atoms with Crippen molar-refractivity contribution in [3.63, 3.8) is 0 Å². The van der Waals surface area contributed by atoms with Crippen LogP contribution in [0.4, 0.5) is 10.1 Å². The predicted molar refractivity (Wildman–Crippen MR) is 135 cm³/mol. The number of H-pyrrole nitrogens is 2. The van der Waals surface area contributed by atoms with Crippen LogP contribution in [0.3, 0.4) is 0 Å². The first-order valence-corrected chi connectivity index (χ1v) is 12.1. The number of carbonyl (C=O) groups excluding carboxylic acids is 1. The Labute approximate surface area is 206 Å². The van der Waals surface area contributed by atoms with E-state index in [2.05, 4.69) is 35.5 Å². The summed E-state index contributed by atoms with van der Waals surface area (Å²) >= 11 is 1.05. The summed E-state index contributed by atoms with van der Waals surface area (Å²) < 4.78 is 13.6. The van der Waals surface area contributed by atoms with E-state index in [1.54, 1.807) is 37.1 Å². The number of aromatic amines is 2. The SMILES string of the molecule is O=C(Nc1cncc(-c2cc3c(-c4nc5c(-c6ccc(F)s6)cncc5[nH]4)n[nH]c3cn2)c1)C1CC1. The van der Waals surface area contributed by atoms with Gasteiger partial charge in [-0.2, -0.15) is 9.49 Å². The van der Waals surface area contributed by atoms with Gasteiger partial charge in [-0.25, -0.2) is 4.98 Å². The van der Waals surface area contributed by atoms with Gasteiger partial charge in [-0.3, -0.25) is 24.8 Å². The highest BCUT2D eigenvalue weighted by Gasteiger charge is 2.29. The molecule has 3 N–H and O–H groups in total. The number of pyridine rings is 3. The zero-order valence-corrected chi connectivity index (χ0v) is 19.4. The molecule has 1 fully saturated rings. The lowest BCUT2D eigenvalue weighted by Crippen LogP contribution is -2.13. The number of rotatable bonds is 5. The molecule has 6 aromatic rings. The van der Waals surface area contributed by atoms with E-state index in [1.165, 1.54) is 6.07 Å². The number of hydrogen-bond donors (Lipinski definition) is 3. The molecule has 176 valence electrons. The highest BCUT2D eigenvalue weighted by atomic mass is 32.1. The van der Waals surface area contributed by atoms with E-state index in [1.807, 2.05) is 12.1 Å². The first-order chi connectivity index (χ1) is 17.6. The number of hydrogen-bond acceptors (Lipinski definition) is 7. The number of imidazole rings is 1. The van der Waals surface area contributed by atoms with Gasteiger partial charge in [0, 0.05) is 39.7 Å². The number of fused-ring (bicyclic) bond motifs is 2. The average molecular weight is 497 g/mol. The van der Waals surface area contributed by atoms with E-state index in [-0.39, 0.29) is 17.0 Å². The molecule has 6 aromatic heterocycles. The molecule has 0 bridgehead atoms. The third-order valence-corrected chi connectivity index (χ3v) is 7.06. The van der Waals surface area contributed by atoms with Crippen molar-refractivity contribution in [1.82, 2.24) is 35.1 Å². The molecule has 0 unspecified atom stereocenters. The molecule has 0 aromatic carbocycles. The molecular formula is C25H17FN8OS. The number of amides is 1. The predicted octanol–water partition coefficient (Wildman–Crippen LogP) is 5.17. The zero-order valence-electron chi connectivity index (χ0n) is 18.6. The molecule has 1 aliphatic rings. The van der Waals surface area contributed by atoms with E-state index in [0.29, 0.717) is 28.4 Å². The van der Waals surface area contributed by atoms with Gasteiger partial charge in [0.15, 0.2) is 11.0 Å². The zero-order chi connectivity index (χ0) is 24.2. The number of aromatic nitrogens is 7. The summed E-state index contributed by atoms with van der Waals surface area (Å²) in [5.74, 6) is 0.691. The van der Waals surface area contributed by atoms with E-state index in [4.69, 9.17) is 4.98 Å². The van der Waals surface area contributed by atoms with Gasteiger partial charge in [0.1, 0.15) is 11.2 Å². The number of carbonyl (C=O) groups is 1. The van der Waals surface area contributed by atoms with Crippen molar-refractivity contribution in [2.75, 3.05) is 5.32 Å². The molecule has 7 rings (SSSR count). The Morgan fingerprint density at radius 1 is 1.06 bits per heavy atom. The van der Waals surface area contributed by atoms with Crippen LogP contribution in [0.25, 0.3) is 55.2 Å². The van der Waals surface area contributed by atoms with Gasteiger partial charge < -0.3 is 10.3 Å². The molecule has 0 saturated heterocycles. The van der Waals surface area contributed by atoms with Crippen LogP contribution < -0.4 is 5.32 Å². The third-order valence-electron chi connectivity index (χ3n) is 6.15. The van der Waals surface area contributed by atoms with Gasteiger partial charge >= 0.3 is 0 Å². The quantitative estimate of drug-likeness (QED) is 0.302. The van der Waals surface area contributed by atoms with Crippen molar-refractivity contribution < 1.29 is 9.18 Å². The molecule has 9 nitrogen and oxygen atoms in total. The normalized spacial score (nSPS) is 13.5. The summed E-state index contributed by atoms with van der Waals surface area (Å²) in [4.78, 5) is 34.1. The first kappa shape index (κ1) is 20.8. The van der Waals surface area contributed by atoms with Crippen molar-refractivity contribution in [3.8, 4) is 33.2 Å². The molecule has 1 aliphatic carbocycles. The van der Waals surface area contributed by atoms with Gasteiger partial charge in [-0.1, -0.05) is 0 Å². The molecule has 0 aliphatic heterocycles. The van der Waals surface area contributed by atoms with Crippen LogP contribution in [0.1, 0.15) is 12.8 Å². The summed E-state index contributed by atoms with van der Waals surface area (Å²) in [7, 11) is 0. The van der Waals surface area contributed by atoms with E-state index in [0.717, 1.165) is 56.6 Å². The highest BCUT2D eigenvalue weighted by Crippen LogP contribution is 2.35. The summed E-state index contributed by atoms with van der Waals surface area (Å²) in [6.45, 7) is 0. The number of thiophene rings is 1. The molecule has 11 heteroatoms. The van der Waals surface area contributed by atoms with Gasteiger partial charge in [0.25, 0.3) is 0 Å². The van der Waals surface area contributed by atoms with Gasteiger partial charge in [-0.05, 0) is 37.1 Å². The molecule has 0 radical (unpaired) electrons. The van der Waals surface area contributed by atoms with Crippen molar-refractivity contribution >= 4 is 44.9 Å². The van der Waals surface area contributed by atoms with Gasteiger partial charge in [0.05, 0.1) is 41.0 Å². The number of anilines is 1. The molecule has 6 heterocycles. The maximum atomic E-state index is 13.6. The molecule has 0 atom stereocenters. The Bertz CT molecular complexity index is 1780. The van der Waals surface area contributed by atoms with Crippen LogP contribution in [0.15, 0.2) is 55.2 Å². The van der Waals surface area contributed by atoms with Crippen LogP contribution in [0, 0.1) is 11.0 Å². The van der Waals surface area contributed by atoms with E-state index < -0.39 is 0 Å². The van der Waals surface area contributed by atoms with Crippen molar-refractivity contribution in [2.45, 2.75) is 12.8 Å². The number of nitrogens with one attached hydrogen (secondary N) is 3. The lowest BCUT2D eigenvalue weighted by Gasteiger charge is -2.06. The second-order valence-corrected chi connectivity index (χ2v) is 9.72. The Balaban J connectivity index is 1.28. The maximum Gasteiger partial charge on any atom is 0.227 e. The minimum atomic E-state index is -0.262. The monoisotopic (exact) mass is 496 g/mol.